The Hall–Kier alpha value is -3.85. The number of aromatic nitrogens is 2. The first-order chi connectivity index (χ1) is 16.5. The van der Waals surface area contributed by atoms with Crippen LogP contribution in [0.5, 0.6) is 11.5 Å². The van der Waals surface area contributed by atoms with Gasteiger partial charge in [-0.3, -0.25) is 5.01 Å². The lowest BCUT2D eigenvalue weighted by Gasteiger charge is -2.46. The van der Waals surface area contributed by atoms with Gasteiger partial charge in [0.15, 0.2) is 11.6 Å². The number of carbonyl (C=O) groups is 1. The third-order valence-electron chi connectivity index (χ3n) is 6.41. The van der Waals surface area contributed by atoms with Crippen LogP contribution in [0.2, 0.25) is 0 Å². The zero-order valence-corrected chi connectivity index (χ0v) is 18.5. The van der Waals surface area contributed by atoms with Gasteiger partial charge in [-0.25, -0.2) is 9.18 Å². The van der Waals surface area contributed by atoms with Gasteiger partial charge in [0, 0.05) is 17.8 Å². The molecule has 1 atom stereocenters. The highest BCUT2D eigenvalue weighted by Gasteiger charge is 2.34. The van der Waals surface area contributed by atoms with Gasteiger partial charge in [0.05, 0.1) is 11.9 Å². The van der Waals surface area contributed by atoms with Crippen LogP contribution in [0.1, 0.15) is 37.5 Å². The smallest absolute Gasteiger partial charge is 0.328 e. The minimum Gasteiger partial charge on any atom is -0.478 e. The standard InChI is InChI=1S/C25H26FN5O3/c26-21-3-1-2-4-23(21)34-20-11-9-18(10-12-20)29-16-30(31-22(25(29)27)13-14-28-31)19-7-5-17(6-8-19)15-24(32)33/h1-4,9-15,19,25H,5-8,16,27H2,(H,32,33). The minimum absolute atomic E-state index is 0.175. The number of allylic oxidation sites excluding steroid dienone is 1. The van der Waals surface area contributed by atoms with Gasteiger partial charge < -0.3 is 20.5 Å². The number of fused-ring (bicyclic) bond motifs is 1. The summed E-state index contributed by atoms with van der Waals surface area (Å²) >= 11 is 0. The van der Waals surface area contributed by atoms with Crippen molar-refractivity contribution in [3.05, 3.63) is 84.0 Å². The van der Waals surface area contributed by atoms with Crippen molar-refractivity contribution in [2.75, 3.05) is 16.6 Å². The SMILES string of the molecule is NC1c2ccnn2N(C2CCC(=CC(=O)O)CC2)CN1c1ccc(Oc2ccccc2F)cc1. The van der Waals surface area contributed by atoms with Crippen LogP contribution in [0.4, 0.5) is 10.1 Å². The fourth-order valence-electron chi connectivity index (χ4n) is 4.66. The predicted octanol–water partition coefficient (Wildman–Crippen LogP) is 4.14. The third-order valence-corrected chi connectivity index (χ3v) is 6.41. The van der Waals surface area contributed by atoms with Crippen molar-refractivity contribution in [1.29, 1.82) is 0 Å². The number of halogens is 1. The Kier molecular flexibility index (Phi) is 5.93. The van der Waals surface area contributed by atoms with E-state index < -0.39 is 11.8 Å². The number of carboxylic acids is 1. The lowest BCUT2D eigenvalue weighted by molar-refractivity contribution is -0.131. The molecule has 2 aromatic carbocycles. The van der Waals surface area contributed by atoms with Crippen molar-refractivity contribution >= 4 is 11.7 Å². The van der Waals surface area contributed by atoms with Crippen LogP contribution in [-0.4, -0.2) is 33.7 Å². The van der Waals surface area contributed by atoms with E-state index in [1.807, 2.05) is 23.0 Å². The number of ether oxygens (including phenoxy) is 1. The summed E-state index contributed by atoms with van der Waals surface area (Å²) in [5.74, 6) is -0.595. The van der Waals surface area contributed by atoms with Crippen LogP contribution >= 0.6 is 0 Å². The molecule has 1 aromatic heterocycles. The molecule has 9 heteroatoms. The van der Waals surface area contributed by atoms with E-state index in [2.05, 4.69) is 15.0 Å². The van der Waals surface area contributed by atoms with Gasteiger partial charge >= 0.3 is 5.97 Å². The number of rotatable bonds is 5. The molecule has 8 nitrogen and oxygen atoms in total. The Bertz CT molecular complexity index is 1200. The molecule has 5 rings (SSSR count). The fourth-order valence-corrected chi connectivity index (χ4v) is 4.66. The first kappa shape index (κ1) is 22.0. The molecule has 0 spiro atoms. The number of hydrogen-bond acceptors (Lipinski definition) is 6. The van der Waals surface area contributed by atoms with Crippen molar-refractivity contribution in [2.24, 2.45) is 5.73 Å². The lowest BCUT2D eigenvalue weighted by Crippen LogP contribution is -2.58. The second-order valence-electron chi connectivity index (χ2n) is 8.54. The number of carboxylic acid groups (broad SMARTS) is 1. The van der Waals surface area contributed by atoms with Gasteiger partial charge in [-0.2, -0.15) is 9.89 Å². The normalized spacial score (nSPS) is 20.1. The Balaban J connectivity index is 1.35. The molecule has 1 fully saturated rings. The second-order valence-corrected chi connectivity index (χ2v) is 8.54. The largest absolute Gasteiger partial charge is 0.478 e. The van der Waals surface area contributed by atoms with Crippen molar-refractivity contribution < 1.29 is 19.0 Å². The van der Waals surface area contributed by atoms with Gasteiger partial charge in [-0.1, -0.05) is 17.7 Å². The maximum Gasteiger partial charge on any atom is 0.328 e. The average molecular weight is 464 g/mol. The number of nitrogens with zero attached hydrogens (tertiary/aromatic N) is 4. The number of aliphatic carboxylic acids is 1. The molecule has 176 valence electrons. The minimum atomic E-state index is -0.889. The van der Waals surface area contributed by atoms with Crippen LogP contribution < -0.4 is 20.4 Å². The van der Waals surface area contributed by atoms with Crippen LogP contribution in [-0.2, 0) is 4.79 Å². The van der Waals surface area contributed by atoms with E-state index in [9.17, 15) is 9.18 Å². The highest BCUT2D eigenvalue weighted by Crippen LogP contribution is 2.34. The molecule has 1 aliphatic heterocycles. The molecule has 1 saturated carbocycles. The highest BCUT2D eigenvalue weighted by molar-refractivity contribution is 5.80. The molecule has 3 N–H and O–H groups in total. The zero-order chi connectivity index (χ0) is 23.7. The summed E-state index contributed by atoms with van der Waals surface area (Å²) in [6, 6.07) is 15.8. The van der Waals surface area contributed by atoms with Crippen LogP contribution in [0.15, 0.2) is 72.4 Å². The average Bonchev–Trinajstić information content (AvgIpc) is 3.33. The molecule has 34 heavy (non-hydrogen) atoms. The van der Waals surface area contributed by atoms with E-state index in [0.717, 1.165) is 42.6 Å². The summed E-state index contributed by atoms with van der Waals surface area (Å²) in [5, 5.41) is 15.7. The quantitative estimate of drug-likeness (QED) is 0.549. The number of anilines is 1. The Morgan fingerprint density at radius 2 is 1.85 bits per heavy atom. The summed E-state index contributed by atoms with van der Waals surface area (Å²) in [6.45, 7) is 0.534. The second kappa shape index (κ2) is 9.18. The molecule has 0 radical (unpaired) electrons. The molecule has 0 saturated heterocycles. The fraction of sp³-hybridized carbons (Fsp3) is 0.280. The van der Waals surface area contributed by atoms with Crippen LogP contribution in [0.25, 0.3) is 0 Å². The summed E-state index contributed by atoms with van der Waals surface area (Å²) in [5.41, 5.74) is 9.36. The summed E-state index contributed by atoms with van der Waals surface area (Å²) < 4.78 is 19.6. The van der Waals surface area contributed by atoms with E-state index in [1.54, 1.807) is 36.5 Å². The number of para-hydroxylation sites is 1. The summed E-state index contributed by atoms with van der Waals surface area (Å²) in [4.78, 5) is 15.0. The Morgan fingerprint density at radius 3 is 2.56 bits per heavy atom. The van der Waals surface area contributed by atoms with Crippen molar-refractivity contribution in [2.45, 2.75) is 37.9 Å². The molecule has 2 aliphatic rings. The maximum absolute atomic E-state index is 13.9. The molecule has 0 bridgehead atoms. The first-order valence-electron chi connectivity index (χ1n) is 11.3. The molecule has 3 aromatic rings. The topological polar surface area (TPSA) is 96.9 Å². The van der Waals surface area contributed by atoms with Crippen molar-refractivity contribution in [3.63, 3.8) is 0 Å². The number of nitrogens with two attached hydrogens (primary N) is 1. The number of hydrogen-bond donors (Lipinski definition) is 2. The highest BCUT2D eigenvalue weighted by atomic mass is 19.1. The predicted molar refractivity (Wildman–Crippen MR) is 126 cm³/mol. The van der Waals surface area contributed by atoms with E-state index in [0.29, 0.717) is 12.4 Å². The van der Waals surface area contributed by atoms with Crippen LogP contribution in [0, 0.1) is 5.82 Å². The van der Waals surface area contributed by atoms with E-state index >= 15 is 0 Å². The van der Waals surface area contributed by atoms with Gasteiger partial charge in [0.25, 0.3) is 0 Å². The summed E-state index contributed by atoms with van der Waals surface area (Å²) in [6.07, 6.45) is 5.88. The Morgan fingerprint density at radius 1 is 1.12 bits per heavy atom. The molecule has 0 amide bonds. The number of benzene rings is 2. The lowest BCUT2D eigenvalue weighted by atomic mass is 9.90. The molecular formula is C25H26FN5O3. The van der Waals surface area contributed by atoms with Gasteiger partial charge in [-0.05, 0) is 68.1 Å². The first-order valence-corrected chi connectivity index (χ1v) is 11.3. The monoisotopic (exact) mass is 463 g/mol. The van der Waals surface area contributed by atoms with Crippen LogP contribution in [0.3, 0.4) is 0 Å². The zero-order valence-electron chi connectivity index (χ0n) is 18.5. The molecule has 1 aliphatic carbocycles. The van der Waals surface area contributed by atoms with Gasteiger partial charge in [-0.15, -0.1) is 0 Å². The molecular weight excluding hydrogens is 437 g/mol. The van der Waals surface area contributed by atoms with E-state index in [1.165, 1.54) is 12.1 Å². The van der Waals surface area contributed by atoms with Crippen molar-refractivity contribution in [1.82, 2.24) is 9.89 Å². The van der Waals surface area contributed by atoms with Crippen molar-refractivity contribution in [3.8, 4) is 11.5 Å². The van der Waals surface area contributed by atoms with E-state index in [-0.39, 0.29) is 18.0 Å². The Labute approximate surface area is 196 Å². The third kappa shape index (κ3) is 4.34. The maximum atomic E-state index is 13.9. The summed E-state index contributed by atoms with van der Waals surface area (Å²) in [7, 11) is 0. The molecule has 1 unspecified atom stereocenters. The molecule has 2 heterocycles. The van der Waals surface area contributed by atoms with Gasteiger partial charge in [0.1, 0.15) is 18.6 Å². The van der Waals surface area contributed by atoms with E-state index in [4.69, 9.17) is 15.6 Å². The van der Waals surface area contributed by atoms with Gasteiger partial charge in [0.2, 0.25) is 0 Å².